The lowest BCUT2D eigenvalue weighted by Crippen LogP contribution is -2.32. The van der Waals surface area contributed by atoms with Gasteiger partial charge in [-0.15, -0.1) is 0 Å². The van der Waals surface area contributed by atoms with E-state index in [1.54, 1.807) is 0 Å². The zero-order valence-electron chi connectivity index (χ0n) is 39.9. The Morgan fingerprint density at radius 1 is 0.458 bits per heavy atom. The second-order valence-electron chi connectivity index (χ2n) is 18.8. The molecule has 0 amide bonds. The number of furan rings is 1. The van der Waals surface area contributed by atoms with Gasteiger partial charge in [-0.3, -0.25) is 4.99 Å². The normalized spacial score (nSPS) is 13.4. The summed E-state index contributed by atoms with van der Waals surface area (Å²) in [6.45, 7) is 4.47. The number of aliphatic imine (C=N–C) groups is 1. The number of fused-ring (bicyclic) bond motifs is 9. The fourth-order valence-electron chi connectivity index (χ4n) is 11.0. The Labute approximate surface area is 431 Å². The molecule has 13 aromatic rings. The molecular weight excluding hydrogens is 992 g/mol. The molecule has 13 rings (SSSR count). The minimum Gasteiger partial charge on any atom is -0.456 e. The van der Waals surface area contributed by atoms with Crippen LogP contribution in [-0.2, 0) is 0 Å². The van der Waals surface area contributed by atoms with Crippen molar-refractivity contribution in [2.75, 3.05) is 0 Å². The average Bonchev–Trinajstić information content (AvgIpc) is 4.10. The molecular formula is C66H49IN4O. The second-order valence-corrected chi connectivity index (χ2v) is 20.8. The number of nitrogens with one attached hydrogen (secondary N) is 1. The summed E-state index contributed by atoms with van der Waals surface area (Å²) in [7, 11) is 0. The van der Waals surface area contributed by atoms with Crippen LogP contribution in [0.5, 0.6) is 0 Å². The van der Waals surface area contributed by atoms with Crippen LogP contribution in [-0.4, -0.2) is 18.9 Å². The molecule has 3 aromatic heterocycles. The van der Waals surface area contributed by atoms with Gasteiger partial charge in [0, 0.05) is 47.5 Å². The van der Waals surface area contributed by atoms with Crippen LogP contribution in [0.3, 0.4) is 0 Å². The first-order chi connectivity index (χ1) is 35.4. The largest absolute Gasteiger partial charge is 0.456 e. The molecule has 0 saturated carbocycles. The third-order valence-electron chi connectivity index (χ3n) is 14.4. The molecule has 0 aliphatic carbocycles. The van der Waals surface area contributed by atoms with E-state index in [1.807, 2.05) is 0 Å². The van der Waals surface area contributed by atoms with E-state index in [0.29, 0.717) is 0 Å². The summed E-state index contributed by atoms with van der Waals surface area (Å²) in [5, 5.41) is 11.0. The zero-order chi connectivity index (χ0) is 48.3. The molecule has 0 aliphatic rings. The number of nitrogens with zero attached hydrogens (tertiary/aromatic N) is 3. The van der Waals surface area contributed by atoms with Gasteiger partial charge in [0.05, 0.1) is 28.1 Å². The van der Waals surface area contributed by atoms with Crippen molar-refractivity contribution in [1.82, 2.24) is 14.5 Å². The van der Waals surface area contributed by atoms with Crippen LogP contribution in [0.1, 0.15) is 37.2 Å². The van der Waals surface area contributed by atoms with Crippen LogP contribution in [0.15, 0.2) is 246 Å². The number of hydrogen-bond acceptors (Lipinski definition) is 2. The molecule has 2 unspecified atom stereocenters. The number of aromatic nitrogens is 2. The molecule has 6 heteroatoms. The molecule has 0 spiro atoms. The van der Waals surface area contributed by atoms with E-state index < -0.39 is 0 Å². The van der Waals surface area contributed by atoms with E-state index in [2.05, 4.69) is 287 Å². The first-order valence-electron chi connectivity index (χ1n) is 24.7. The van der Waals surface area contributed by atoms with Crippen molar-refractivity contribution in [3.05, 3.63) is 248 Å². The standard InChI is InChI=1S/C66H49IN4O/c1-42(67)65(44-18-6-3-7-19-44)69-66(45-20-8-4-9-21-45)68-43(2)70-58-29-14-12-26-53(58)55-39-48(32-35-60(55)70)46-22-16-23-47(38-46)49-34-37-62-57(40-49)64-52(28-17-31-63(64)72-62)50-33-36-61-56(41-50)54-27-13-15-30-59(54)71(61)51-24-10-5-11-25-51/h3-43,65H,1-2H3,(H,68,69)/t42?,43?,65-/m0/s1. The van der Waals surface area contributed by atoms with Gasteiger partial charge in [0.15, 0.2) is 0 Å². The van der Waals surface area contributed by atoms with Gasteiger partial charge >= 0.3 is 0 Å². The maximum absolute atomic E-state index is 6.58. The first kappa shape index (κ1) is 43.8. The Morgan fingerprint density at radius 3 is 1.75 bits per heavy atom. The fourth-order valence-corrected chi connectivity index (χ4v) is 11.6. The van der Waals surface area contributed by atoms with Gasteiger partial charge in [-0.05, 0) is 119 Å². The van der Waals surface area contributed by atoms with E-state index in [0.717, 1.165) is 66.8 Å². The molecule has 3 atom stereocenters. The minimum atomic E-state index is -0.111. The molecule has 0 saturated heterocycles. The van der Waals surface area contributed by atoms with Crippen LogP contribution in [0.4, 0.5) is 0 Å². The van der Waals surface area contributed by atoms with E-state index in [9.17, 15) is 0 Å². The van der Waals surface area contributed by atoms with E-state index >= 15 is 0 Å². The van der Waals surface area contributed by atoms with Crippen molar-refractivity contribution in [3.8, 4) is 39.1 Å². The van der Waals surface area contributed by atoms with Crippen LogP contribution >= 0.6 is 22.6 Å². The molecule has 1 N–H and O–H groups in total. The number of amidine groups is 1. The van der Waals surface area contributed by atoms with Crippen molar-refractivity contribution in [2.24, 2.45) is 4.99 Å². The summed E-state index contributed by atoms with van der Waals surface area (Å²) in [4.78, 5) is 5.47. The summed E-state index contributed by atoms with van der Waals surface area (Å²) in [5.74, 6) is 0.877. The SMILES string of the molecule is CC(I)[C@H](/N=C(\NC(C)n1c2ccccc2c2cc(-c3cccc(-c4ccc5oc6cccc(-c7ccc8c(c7)c7ccccc7n8-c7ccccc7)c6c5c4)c3)ccc21)c1ccccc1)c1ccccc1. The van der Waals surface area contributed by atoms with E-state index in [4.69, 9.17) is 9.41 Å². The van der Waals surface area contributed by atoms with E-state index in [-0.39, 0.29) is 16.1 Å². The molecule has 10 aromatic carbocycles. The minimum absolute atomic E-state index is 0.0152. The topological polar surface area (TPSA) is 47.4 Å². The van der Waals surface area contributed by atoms with Crippen molar-refractivity contribution in [2.45, 2.75) is 30.0 Å². The van der Waals surface area contributed by atoms with Gasteiger partial charge in [0.25, 0.3) is 0 Å². The molecule has 0 radical (unpaired) electrons. The summed E-state index contributed by atoms with van der Waals surface area (Å²) in [6, 6.07) is 85.1. The second kappa shape index (κ2) is 18.2. The van der Waals surface area contributed by atoms with Crippen molar-refractivity contribution < 1.29 is 4.42 Å². The van der Waals surface area contributed by atoms with Gasteiger partial charge < -0.3 is 18.9 Å². The first-order valence-corrected chi connectivity index (χ1v) is 26.0. The maximum Gasteiger partial charge on any atom is 0.136 e. The molecule has 5 nitrogen and oxygen atoms in total. The molecule has 0 aliphatic heterocycles. The Hall–Kier alpha value is -8.20. The average molecular weight is 1040 g/mol. The maximum atomic E-state index is 6.58. The highest BCUT2D eigenvalue weighted by molar-refractivity contribution is 14.1. The van der Waals surface area contributed by atoms with E-state index in [1.165, 1.54) is 54.7 Å². The van der Waals surface area contributed by atoms with Crippen molar-refractivity contribution in [3.63, 3.8) is 0 Å². The van der Waals surface area contributed by atoms with Gasteiger partial charge in [-0.1, -0.05) is 193 Å². The van der Waals surface area contributed by atoms with Crippen LogP contribution < -0.4 is 5.32 Å². The smallest absolute Gasteiger partial charge is 0.136 e. The van der Waals surface area contributed by atoms with Gasteiger partial charge in [-0.2, -0.15) is 0 Å². The Bertz CT molecular complexity index is 4190. The van der Waals surface area contributed by atoms with Gasteiger partial charge in [-0.25, -0.2) is 0 Å². The monoisotopic (exact) mass is 1040 g/mol. The summed E-state index contributed by atoms with van der Waals surface area (Å²) in [5.41, 5.74) is 16.8. The van der Waals surface area contributed by atoms with Crippen molar-refractivity contribution in [1.29, 1.82) is 0 Å². The highest BCUT2D eigenvalue weighted by Gasteiger charge is 2.22. The third-order valence-corrected chi connectivity index (χ3v) is 15.0. The predicted octanol–water partition coefficient (Wildman–Crippen LogP) is 17.9. The molecule has 3 heterocycles. The Morgan fingerprint density at radius 2 is 1.00 bits per heavy atom. The number of hydrogen-bond donors (Lipinski definition) is 1. The molecule has 0 fully saturated rings. The molecule has 72 heavy (non-hydrogen) atoms. The highest BCUT2D eigenvalue weighted by atomic mass is 127. The lowest BCUT2D eigenvalue weighted by atomic mass is 9.95. The predicted molar refractivity (Wildman–Crippen MR) is 311 cm³/mol. The number of halogens is 1. The fraction of sp³-hybridized carbons (Fsp3) is 0.0758. The zero-order valence-corrected chi connectivity index (χ0v) is 42.0. The summed E-state index contributed by atoms with van der Waals surface area (Å²) >= 11 is 2.51. The van der Waals surface area contributed by atoms with Crippen molar-refractivity contribution >= 4 is 94.0 Å². The van der Waals surface area contributed by atoms with Crippen LogP contribution in [0.25, 0.3) is 105 Å². The Kier molecular flexibility index (Phi) is 11.1. The number of alkyl halides is 1. The van der Waals surface area contributed by atoms with Crippen LogP contribution in [0.2, 0.25) is 0 Å². The van der Waals surface area contributed by atoms with Gasteiger partial charge in [0.2, 0.25) is 0 Å². The quantitative estimate of drug-likeness (QED) is 0.0642. The third kappa shape index (κ3) is 7.65. The summed E-state index contributed by atoms with van der Waals surface area (Å²) in [6.07, 6.45) is -0.111. The Balaban J connectivity index is 0.863. The number of rotatable bonds is 10. The van der Waals surface area contributed by atoms with Crippen LogP contribution in [0, 0.1) is 0 Å². The molecule has 0 bridgehead atoms. The lowest BCUT2D eigenvalue weighted by Gasteiger charge is -2.24. The van der Waals surface area contributed by atoms with Gasteiger partial charge in [0.1, 0.15) is 23.2 Å². The lowest BCUT2D eigenvalue weighted by molar-refractivity contribution is 0.542. The number of benzene rings is 10. The molecule has 346 valence electrons. The summed E-state index contributed by atoms with van der Waals surface area (Å²) < 4.78 is 11.7. The highest BCUT2D eigenvalue weighted by Crippen LogP contribution is 2.42. The number of para-hydroxylation sites is 3.